The third-order valence-electron chi connectivity index (χ3n) is 2.57. The van der Waals surface area contributed by atoms with Gasteiger partial charge in [0.05, 0.1) is 8.07 Å². The Labute approximate surface area is 104 Å². The molecule has 0 bridgehead atoms. The van der Waals surface area contributed by atoms with Crippen LogP contribution in [0.2, 0.25) is 19.6 Å². The lowest BCUT2D eigenvalue weighted by Crippen LogP contribution is -2.24. The van der Waals surface area contributed by atoms with E-state index in [1.54, 1.807) is 0 Å². The van der Waals surface area contributed by atoms with Crippen LogP contribution >= 0.6 is 0 Å². The largest absolute Gasteiger partial charge is 0.446 e. The van der Waals surface area contributed by atoms with Crippen LogP contribution in [0.4, 0.5) is 0 Å². The first-order valence-corrected chi connectivity index (χ1v) is 9.68. The van der Waals surface area contributed by atoms with Gasteiger partial charge in [0, 0.05) is 11.6 Å². The van der Waals surface area contributed by atoms with Crippen LogP contribution in [0.1, 0.15) is 11.7 Å². The standard InChI is InChI=1S/C14H19NOSi/c1-11-14(12-8-6-5-7-9-12)15-13(16-11)10-17(2,3)4/h5-9H,10H2,1-4H3. The molecule has 0 aliphatic heterocycles. The number of rotatable bonds is 3. The molecule has 2 aromatic rings. The Hall–Kier alpha value is -1.35. The first-order chi connectivity index (χ1) is 7.96. The fourth-order valence-corrected chi connectivity index (χ4v) is 2.90. The molecule has 0 saturated carbocycles. The van der Waals surface area contributed by atoms with Crippen molar-refractivity contribution in [3.8, 4) is 11.3 Å². The van der Waals surface area contributed by atoms with Crippen LogP contribution in [0.25, 0.3) is 11.3 Å². The Morgan fingerprint density at radius 1 is 1.12 bits per heavy atom. The van der Waals surface area contributed by atoms with Gasteiger partial charge in [-0.15, -0.1) is 0 Å². The van der Waals surface area contributed by atoms with Gasteiger partial charge in [0.15, 0.2) is 5.89 Å². The molecule has 0 fully saturated rings. The quantitative estimate of drug-likeness (QED) is 0.762. The monoisotopic (exact) mass is 245 g/mol. The van der Waals surface area contributed by atoms with Crippen molar-refractivity contribution in [1.82, 2.24) is 4.98 Å². The highest BCUT2D eigenvalue weighted by molar-refractivity contribution is 6.75. The van der Waals surface area contributed by atoms with Crippen LogP contribution in [0.15, 0.2) is 34.7 Å². The van der Waals surface area contributed by atoms with Crippen LogP contribution in [0.5, 0.6) is 0 Å². The molecule has 0 atom stereocenters. The van der Waals surface area contributed by atoms with Gasteiger partial charge in [-0.05, 0) is 6.92 Å². The zero-order valence-corrected chi connectivity index (χ0v) is 11.9. The number of hydrogen-bond donors (Lipinski definition) is 0. The Balaban J connectivity index is 2.32. The van der Waals surface area contributed by atoms with Crippen molar-refractivity contribution in [3.05, 3.63) is 42.0 Å². The van der Waals surface area contributed by atoms with E-state index in [-0.39, 0.29) is 0 Å². The van der Waals surface area contributed by atoms with Crippen molar-refractivity contribution < 1.29 is 4.42 Å². The topological polar surface area (TPSA) is 26.0 Å². The lowest BCUT2D eigenvalue weighted by atomic mass is 10.1. The normalized spacial score (nSPS) is 11.8. The van der Waals surface area contributed by atoms with Crippen LogP contribution in [-0.2, 0) is 6.04 Å². The van der Waals surface area contributed by atoms with E-state index >= 15 is 0 Å². The summed E-state index contributed by atoms with van der Waals surface area (Å²) in [5, 5.41) is 0. The van der Waals surface area contributed by atoms with E-state index < -0.39 is 8.07 Å². The second-order valence-corrected chi connectivity index (χ2v) is 11.1. The summed E-state index contributed by atoms with van der Waals surface area (Å²) in [6.07, 6.45) is 0. The highest BCUT2D eigenvalue weighted by Gasteiger charge is 2.19. The van der Waals surface area contributed by atoms with Gasteiger partial charge in [-0.1, -0.05) is 50.0 Å². The third kappa shape index (κ3) is 3.06. The fourth-order valence-electron chi connectivity index (χ4n) is 1.84. The van der Waals surface area contributed by atoms with E-state index in [9.17, 15) is 0 Å². The number of benzene rings is 1. The van der Waals surface area contributed by atoms with E-state index in [0.29, 0.717) is 0 Å². The van der Waals surface area contributed by atoms with Gasteiger partial charge in [0.2, 0.25) is 0 Å². The minimum atomic E-state index is -1.16. The Morgan fingerprint density at radius 2 is 1.76 bits per heavy atom. The maximum atomic E-state index is 5.77. The molecule has 0 saturated heterocycles. The molecule has 0 spiro atoms. The molecule has 2 nitrogen and oxygen atoms in total. The summed E-state index contributed by atoms with van der Waals surface area (Å²) in [7, 11) is -1.16. The third-order valence-corrected chi connectivity index (χ3v) is 3.93. The number of aromatic nitrogens is 1. The highest BCUT2D eigenvalue weighted by atomic mass is 28.3. The Bertz CT molecular complexity index is 497. The van der Waals surface area contributed by atoms with Crippen molar-refractivity contribution in [2.24, 2.45) is 0 Å². The van der Waals surface area contributed by atoms with E-state index in [4.69, 9.17) is 4.42 Å². The Kier molecular flexibility index (Phi) is 3.20. The molecule has 0 aliphatic rings. The van der Waals surface area contributed by atoms with Crippen molar-refractivity contribution in [2.75, 3.05) is 0 Å². The molecule has 0 N–H and O–H groups in total. The average Bonchev–Trinajstić information content (AvgIpc) is 2.58. The van der Waals surface area contributed by atoms with E-state index in [1.165, 1.54) is 0 Å². The van der Waals surface area contributed by atoms with E-state index in [2.05, 4.69) is 36.8 Å². The number of nitrogens with zero attached hydrogens (tertiary/aromatic N) is 1. The second kappa shape index (κ2) is 4.49. The molecule has 0 aliphatic carbocycles. The van der Waals surface area contributed by atoms with Crippen LogP contribution < -0.4 is 0 Å². The zero-order chi connectivity index (χ0) is 12.5. The molecule has 0 amide bonds. The molecular weight excluding hydrogens is 226 g/mol. The second-order valence-electron chi connectivity index (χ2n) is 5.62. The first kappa shape index (κ1) is 12.1. The van der Waals surface area contributed by atoms with E-state index in [1.807, 2.05) is 25.1 Å². The lowest BCUT2D eigenvalue weighted by Gasteiger charge is -2.11. The minimum absolute atomic E-state index is 0.889. The fraction of sp³-hybridized carbons (Fsp3) is 0.357. The Morgan fingerprint density at radius 3 is 2.35 bits per heavy atom. The molecule has 1 aromatic heterocycles. The molecule has 1 heterocycles. The van der Waals surface area contributed by atoms with Crippen molar-refractivity contribution in [1.29, 1.82) is 0 Å². The number of aryl methyl sites for hydroxylation is 1. The van der Waals surface area contributed by atoms with Gasteiger partial charge in [0.25, 0.3) is 0 Å². The van der Waals surface area contributed by atoms with Gasteiger partial charge in [-0.2, -0.15) is 0 Å². The summed E-state index contributed by atoms with van der Waals surface area (Å²) in [5.74, 6) is 1.81. The zero-order valence-electron chi connectivity index (χ0n) is 10.9. The molecule has 17 heavy (non-hydrogen) atoms. The number of oxazole rings is 1. The van der Waals surface area contributed by atoms with Gasteiger partial charge in [-0.3, -0.25) is 0 Å². The molecule has 0 unspecified atom stereocenters. The maximum Gasteiger partial charge on any atom is 0.192 e. The molecule has 0 radical (unpaired) electrons. The summed E-state index contributed by atoms with van der Waals surface area (Å²) >= 11 is 0. The maximum absolute atomic E-state index is 5.77. The number of hydrogen-bond acceptors (Lipinski definition) is 2. The van der Waals surface area contributed by atoms with Crippen molar-refractivity contribution in [2.45, 2.75) is 32.6 Å². The molecule has 1 aromatic carbocycles. The summed E-state index contributed by atoms with van der Waals surface area (Å²) in [5.41, 5.74) is 2.12. The first-order valence-electron chi connectivity index (χ1n) is 5.97. The van der Waals surface area contributed by atoms with Crippen molar-refractivity contribution in [3.63, 3.8) is 0 Å². The van der Waals surface area contributed by atoms with Gasteiger partial charge >= 0.3 is 0 Å². The molecule has 90 valence electrons. The lowest BCUT2D eigenvalue weighted by molar-refractivity contribution is 0.487. The van der Waals surface area contributed by atoms with Gasteiger partial charge in [-0.25, -0.2) is 4.98 Å². The molecule has 3 heteroatoms. The summed E-state index contributed by atoms with van der Waals surface area (Å²) in [4.78, 5) is 4.63. The summed E-state index contributed by atoms with van der Waals surface area (Å²) in [6, 6.07) is 11.2. The van der Waals surface area contributed by atoms with Crippen LogP contribution in [-0.4, -0.2) is 13.1 Å². The van der Waals surface area contributed by atoms with E-state index in [0.717, 1.165) is 29.0 Å². The molecule has 2 rings (SSSR count). The van der Waals surface area contributed by atoms with Gasteiger partial charge in [0.1, 0.15) is 11.5 Å². The summed E-state index contributed by atoms with van der Waals surface area (Å²) in [6.45, 7) is 8.97. The smallest absolute Gasteiger partial charge is 0.192 e. The average molecular weight is 245 g/mol. The predicted octanol–water partition coefficient (Wildman–Crippen LogP) is 4.07. The highest BCUT2D eigenvalue weighted by Crippen LogP contribution is 2.24. The minimum Gasteiger partial charge on any atom is -0.446 e. The molecular formula is C14H19NOSi. The predicted molar refractivity (Wildman–Crippen MR) is 73.7 cm³/mol. The summed E-state index contributed by atoms with van der Waals surface area (Å²) < 4.78 is 5.77. The van der Waals surface area contributed by atoms with Gasteiger partial charge < -0.3 is 4.42 Å². The van der Waals surface area contributed by atoms with Crippen LogP contribution in [0.3, 0.4) is 0 Å². The SMILES string of the molecule is Cc1oc(C[Si](C)(C)C)nc1-c1ccccc1. The van der Waals surface area contributed by atoms with Crippen LogP contribution in [0, 0.1) is 6.92 Å². The van der Waals surface area contributed by atoms with Crippen molar-refractivity contribution >= 4 is 8.07 Å².